The van der Waals surface area contributed by atoms with E-state index in [0.29, 0.717) is 37.9 Å². The van der Waals surface area contributed by atoms with Gasteiger partial charge in [-0.25, -0.2) is 0 Å². The van der Waals surface area contributed by atoms with Gasteiger partial charge in [0.05, 0.1) is 19.3 Å². The second-order valence-electron chi connectivity index (χ2n) is 9.24. The smallest absolute Gasteiger partial charge is 0.310 e. The van der Waals surface area contributed by atoms with Gasteiger partial charge in [0.25, 0.3) is 0 Å². The van der Waals surface area contributed by atoms with Gasteiger partial charge in [-0.2, -0.15) is 0 Å². The number of hydrogen-bond donors (Lipinski definition) is 3. The Kier molecular flexibility index (Phi) is 12.0. The van der Waals surface area contributed by atoms with Crippen LogP contribution in [0, 0.1) is 12.8 Å². The summed E-state index contributed by atoms with van der Waals surface area (Å²) < 4.78 is 10.3. The van der Waals surface area contributed by atoms with Gasteiger partial charge in [0.1, 0.15) is 11.5 Å². The molecule has 1 aliphatic carbocycles. The number of hydrogen-bond acceptors (Lipinski definition) is 7. The zero-order chi connectivity index (χ0) is 25.8. The molecule has 0 unspecified atom stereocenters. The first-order valence-electron chi connectivity index (χ1n) is 12.6. The zero-order valence-electron chi connectivity index (χ0n) is 21.2. The van der Waals surface area contributed by atoms with Crippen molar-refractivity contribution in [1.29, 1.82) is 0 Å². The monoisotopic (exact) mass is 488 g/mol. The molecule has 7 heteroatoms. The fourth-order valence-electron chi connectivity index (χ4n) is 4.36. The number of aromatic hydroxyl groups is 1. The zero-order valence-corrected chi connectivity index (χ0v) is 21.2. The van der Waals surface area contributed by atoms with Gasteiger partial charge in [0.15, 0.2) is 0 Å². The van der Waals surface area contributed by atoms with Crippen LogP contribution in [0.4, 0.5) is 0 Å². The van der Waals surface area contributed by atoms with Crippen molar-refractivity contribution in [3.63, 3.8) is 0 Å². The molecule has 0 heterocycles. The van der Waals surface area contributed by atoms with Crippen molar-refractivity contribution in [1.82, 2.24) is 0 Å². The normalized spacial score (nSPS) is 18.8. The van der Waals surface area contributed by atoms with Crippen molar-refractivity contribution in [3.05, 3.63) is 52.8 Å². The van der Waals surface area contributed by atoms with E-state index in [1.807, 2.05) is 26.0 Å². The number of aliphatic hydroxyl groups excluding tert-OH is 2. The predicted molar refractivity (Wildman–Crippen MR) is 134 cm³/mol. The highest BCUT2D eigenvalue weighted by Crippen LogP contribution is 2.37. The quantitative estimate of drug-likeness (QED) is 0.198. The lowest BCUT2D eigenvalue weighted by Gasteiger charge is -2.16. The summed E-state index contributed by atoms with van der Waals surface area (Å²) in [6.07, 6.45) is 8.19. The first-order valence-corrected chi connectivity index (χ1v) is 12.6. The molecule has 1 aromatic carbocycles. The first kappa shape index (κ1) is 28.6. The Labute approximate surface area is 208 Å². The maximum atomic E-state index is 12.1. The fraction of sp³-hybridized carbons (Fsp3) is 0.571. The van der Waals surface area contributed by atoms with Gasteiger partial charge in [-0.15, -0.1) is 0 Å². The Balaban J connectivity index is 2.04. The van der Waals surface area contributed by atoms with Crippen molar-refractivity contribution >= 4 is 11.9 Å². The Hall–Kier alpha value is -2.64. The van der Waals surface area contributed by atoms with Crippen LogP contribution in [0.3, 0.4) is 0 Å². The second kappa shape index (κ2) is 14.7. The fourth-order valence-corrected chi connectivity index (χ4v) is 4.36. The van der Waals surface area contributed by atoms with E-state index in [4.69, 9.17) is 4.74 Å². The van der Waals surface area contributed by atoms with Crippen LogP contribution in [0.2, 0.25) is 0 Å². The molecule has 0 spiro atoms. The number of benzene rings is 1. The summed E-state index contributed by atoms with van der Waals surface area (Å²) in [5, 5.41) is 31.0. The summed E-state index contributed by atoms with van der Waals surface area (Å²) in [4.78, 5) is 23.4. The number of esters is 2. The molecule has 0 amide bonds. The topological polar surface area (TPSA) is 113 Å². The molecule has 0 bridgehead atoms. The highest BCUT2D eigenvalue weighted by atomic mass is 16.5. The van der Waals surface area contributed by atoms with Crippen LogP contribution in [0.15, 0.2) is 41.7 Å². The molecule has 0 fully saturated rings. The summed E-state index contributed by atoms with van der Waals surface area (Å²) in [7, 11) is 1.39. The number of carbonyl (C=O) groups is 2. The van der Waals surface area contributed by atoms with Gasteiger partial charge in [0, 0.05) is 31.6 Å². The van der Waals surface area contributed by atoms with E-state index < -0.39 is 12.2 Å². The number of methoxy groups -OCH3 is 1. The number of rotatable bonds is 14. The molecule has 35 heavy (non-hydrogen) atoms. The van der Waals surface area contributed by atoms with E-state index in [-0.39, 0.29) is 30.0 Å². The van der Waals surface area contributed by atoms with Crippen LogP contribution in [0.25, 0.3) is 0 Å². The lowest BCUT2D eigenvalue weighted by atomic mass is 9.93. The van der Waals surface area contributed by atoms with Crippen molar-refractivity contribution in [2.45, 2.75) is 90.3 Å². The maximum absolute atomic E-state index is 12.1. The Morgan fingerprint density at radius 2 is 1.89 bits per heavy atom. The number of aryl methyl sites for hydroxylation is 1. The molecule has 7 nitrogen and oxygen atoms in total. The van der Waals surface area contributed by atoms with Gasteiger partial charge >= 0.3 is 11.9 Å². The van der Waals surface area contributed by atoms with E-state index in [2.05, 4.69) is 4.74 Å². The summed E-state index contributed by atoms with van der Waals surface area (Å²) in [6.45, 7) is 3.72. The van der Waals surface area contributed by atoms with Crippen molar-refractivity contribution in [3.8, 4) is 5.75 Å². The minimum Gasteiger partial charge on any atom is -0.508 e. The van der Waals surface area contributed by atoms with Crippen LogP contribution < -0.4 is 0 Å². The van der Waals surface area contributed by atoms with Gasteiger partial charge in [-0.05, 0) is 55.4 Å². The average Bonchev–Trinajstić information content (AvgIpc) is 3.10. The van der Waals surface area contributed by atoms with Gasteiger partial charge < -0.3 is 24.8 Å². The highest BCUT2D eigenvalue weighted by molar-refractivity contribution is 5.70. The molecule has 0 aromatic heterocycles. The Bertz CT molecular complexity index is 903. The standard InChI is InChI=1S/C28H40O7/c1-4-9-28(33)35-26-18-25(31)22(23(26)10-7-5-6-8-11-27(32)34-3)14-13-21(29)17-20-12-15-24(30)19(2)16-20/h12-16,21-22,25,29-31H,4-11,17-18H2,1-3H3/b14-13+/t21-,22-,25-/m1/s1. The number of ether oxygens (including phenoxy) is 2. The minimum absolute atomic E-state index is 0.206. The lowest BCUT2D eigenvalue weighted by Crippen LogP contribution is -2.16. The summed E-state index contributed by atoms with van der Waals surface area (Å²) in [5.74, 6) is -0.0618. The third-order valence-electron chi connectivity index (χ3n) is 6.31. The number of phenols is 1. The summed E-state index contributed by atoms with van der Waals surface area (Å²) in [5.41, 5.74) is 2.56. The van der Waals surface area contributed by atoms with Crippen LogP contribution in [-0.2, 0) is 25.5 Å². The molecule has 1 aliphatic rings. The highest BCUT2D eigenvalue weighted by Gasteiger charge is 2.33. The molecule has 0 aliphatic heterocycles. The number of carbonyl (C=O) groups excluding carboxylic acids is 2. The Morgan fingerprint density at radius 1 is 1.14 bits per heavy atom. The number of phenolic OH excluding ortho intramolecular Hbond substituents is 1. The first-order chi connectivity index (χ1) is 16.7. The van der Waals surface area contributed by atoms with Crippen molar-refractivity contribution < 1.29 is 34.4 Å². The predicted octanol–water partition coefficient (Wildman–Crippen LogP) is 4.65. The molecule has 0 radical (unpaired) electrons. The molecule has 194 valence electrons. The summed E-state index contributed by atoms with van der Waals surface area (Å²) in [6, 6.07) is 5.24. The van der Waals surface area contributed by atoms with Gasteiger partial charge in [0.2, 0.25) is 0 Å². The summed E-state index contributed by atoms with van der Waals surface area (Å²) >= 11 is 0. The van der Waals surface area contributed by atoms with Crippen LogP contribution in [0.5, 0.6) is 5.75 Å². The van der Waals surface area contributed by atoms with Crippen molar-refractivity contribution in [2.24, 2.45) is 5.92 Å². The van der Waals surface area contributed by atoms with Gasteiger partial charge in [-0.1, -0.05) is 44.1 Å². The van der Waals surface area contributed by atoms with Crippen molar-refractivity contribution in [2.75, 3.05) is 7.11 Å². The molecule has 0 saturated carbocycles. The van der Waals surface area contributed by atoms with E-state index in [1.54, 1.807) is 18.2 Å². The maximum Gasteiger partial charge on any atom is 0.310 e. The SMILES string of the molecule is CCCC(=O)OC1=C(CCCCCCC(=O)OC)[C@@H](/C=C/[C@@H](O)Cc2ccc(O)c(C)c2)[C@H](O)C1. The molecular weight excluding hydrogens is 448 g/mol. The second-order valence-corrected chi connectivity index (χ2v) is 9.24. The van der Waals surface area contributed by atoms with Crippen LogP contribution in [-0.4, -0.2) is 46.6 Å². The third kappa shape index (κ3) is 9.49. The Morgan fingerprint density at radius 3 is 2.57 bits per heavy atom. The van der Waals surface area contributed by atoms with E-state index in [9.17, 15) is 24.9 Å². The molecule has 1 aromatic rings. The molecule has 3 N–H and O–H groups in total. The molecule has 3 atom stereocenters. The average molecular weight is 489 g/mol. The van der Waals surface area contributed by atoms with Crippen LogP contribution in [0.1, 0.15) is 75.8 Å². The van der Waals surface area contributed by atoms with Crippen LogP contribution >= 0.6 is 0 Å². The number of aliphatic hydroxyl groups is 2. The molecule has 2 rings (SSSR count). The molecular formula is C28H40O7. The van der Waals surface area contributed by atoms with E-state index >= 15 is 0 Å². The van der Waals surface area contributed by atoms with E-state index in [1.165, 1.54) is 7.11 Å². The van der Waals surface area contributed by atoms with E-state index in [0.717, 1.165) is 42.4 Å². The third-order valence-corrected chi connectivity index (χ3v) is 6.31. The lowest BCUT2D eigenvalue weighted by molar-refractivity contribution is -0.141. The molecule has 0 saturated heterocycles. The number of unbranched alkanes of at least 4 members (excludes halogenated alkanes) is 3. The largest absolute Gasteiger partial charge is 0.508 e. The minimum atomic E-state index is -0.752. The van der Waals surface area contributed by atoms with Gasteiger partial charge in [-0.3, -0.25) is 9.59 Å².